The minimum absolute atomic E-state index is 0.331. The molecule has 0 aromatic rings. The van der Waals surface area contributed by atoms with E-state index in [-0.39, 0.29) is 3.98 Å². The fourth-order valence-corrected chi connectivity index (χ4v) is 0.527. The summed E-state index contributed by atoms with van der Waals surface area (Å²) in [6.07, 6.45) is 0. The average Bonchev–Trinajstić information content (AvgIpc) is 1.61. The van der Waals surface area contributed by atoms with E-state index in [1.54, 1.807) is 0 Å². The number of carbonyl (C=O) groups excluding carboxylic acids is 1. The van der Waals surface area contributed by atoms with Gasteiger partial charge in [0.1, 0.15) is 0 Å². The van der Waals surface area contributed by atoms with Gasteiger partial charge in [-0.15, -0.1) is 0 Å². The molecule has 0 saturated carbocycles. The van der Waals surface area contributed by atoms with Gasteiger partial charge < -0.3 is 4.18 Å². The molecule has 0 aliphatic carbocycles. The normalized spacial score (nSPS) is 7.57. The van der Waals surface area contributed by atoms with E-state index >= 15 is 0 Å². The van der Waals surface area contributed by atoms with Gasteiger partial charge in [-0.2, -0.15) is 0 Å². The molecule has 0 N–H and O–H groups in total. The first kappa shape index (κ1) is 7.29. The first-order valence-corrected chi connectivity index (χ1v) is 3.29. The Morgan fingerprint density at radius 2 is 2.57 bits per heavy atom. The Labute approximate surface area is 59.6 Å². The Bertz CT molecular complexity index is 83.0. The molecule has 7 heavy (non-hydrogen) atoms. The number of carbonyl (C=O) groups is 1. The van der Waals surface area contributed by atoms with E-state index in [4.69, 9.17) is 0 Å². The second-order valence-corrected chi connectivity index (χ2v) is 2.16. The average molecular weight is 230 g/mol. The van der Waals surface area contributed by atoms with E-state index in [1.807, 2.05) is 0 Å². The van der Waals surface area contributed by atoms with Crippen molar-refractivity contribution in [2.75, 3.05) is 0 Å². The summed E-state index contributed by atoms with van der Waals surface area (Å²) in [6.45, 7) is 3.32. The molecule has 40 valence electrons. The zero-order chi connectivity index (χ0) is 5.70. The lowest BCUT2D eigenvalue weighted by atomic mass is 11.3. The minimum Gasteiger partial charge on any atom is -0.379 e. The molecule has 0 heterocycles. The summed E-state index contributed by atoms with van der Waals surface area (Å²) in [4.78, 5) is 9.90. The third-order valence-electron chi connectivity index (χ3n) is 0.182. The van der Waals surface area contributed by atoms with Gasteiger partial charge in [0.05, 0.1) is 34.6 Å². The molecule has 0 aliphatic heterocycles. The molecular weight excluding hydrogens is 227 g/mol. The molecule has 0 saturated heterocycles. The summed E-state index contributed by atoms with van der Waals surface area (Å²) >= 11 is 2.46. The predicted octanol–water partition coefficient (Wildman–Crippen LogP) is 2.35. The van der Waals surface area contributed by atoms with Gasteiger partial charge in [-0.1, -0.05) is 6.58 Å². The molecule has 0 amide bonds. The fourth-order valence-electron chi connectivity index (χ4n) is 0.0718. The van der Waals surface area contributed by atoms with Gasteiger partial charge >= 0.3 is 3.98 Å². The van der Waals surface area contributed by atoms with Gasteiger partial charge in [0.25, 0.3) is 0 Å². The smallest absolute Gasteiger partial charge is 0.379 e. The maximum absolute atomic E-state index is 9.90. The van der Waals surface area contributed by atoms with Crippen molar-refractivity contribution in [3.8, 4) is 0 Å². The Balaban J connectivity index is 2.97. The fraction of sp³-hybridized carbons (Fsp3) is 0. The molecular formula is C3H3IO2S. The summed E-state index contributed by atoms with van der Waals surface area (Å²) in [5, 5.41) is 1.44. The largest absolute Gasteiger partial charge is 0.379 e. The van der Waals surface area contributed by atoms with E-state index in [0.29, 0.717) is 0 Å². The van der Waals surface area contributed by atoms with Crippen molar-refractivity contribution in [2.45, 2.75) is 0 Å². The number of hydrogen-bond acceptors (Lipinski definition) is 3. The SMILES string of the molecule is C=CSOC(=O)I. The third kappa shape index (κ3) is 6.29. The first-order valence-electron chi connectivity index (χ1n) is 1.41. The monoisotopic (exact) mass is 230 g/mol. The van der Waals surface area contributed by atoms with Gasteiger partial charge in [-0.3, -0.25) is 0 Å². The van der Waals surface area contributed by atoms with E-state index in [2.05, 4.69) is 10.8 Å². The van der Waals surface area contributed by atoms with Crippen molar-refractivity contribution < 1.29 is 8.98 Å². The van der Waals surface area contributed by atoms with Crippen molar-refractivity contribution in [3.05, 3.63) is 12.0 Å². The Morgan fingerprint density at radius 1 is 2.00 bits per heavy atom. The Morgan fingerprint density at radius 3 is 2.71 bits per heavy atom. The molecule has 0 radical (unpaired) electrons. The van der Waals surface area contributed by atoms with E-state index in [1.165, 1.54) is 28.0 Å². The van der Waals surface area contributed by atoms with Crippen LogP contribution in [0.5, 0.6) is 0 Å². The van der Waals surface area contributed by atoms with Gasteiger partial charge in [-0.25, -0.2) is 4.79 Å². The zero-order valence-electron chi connectivity index (χ0n) is 3.39. The van der Waals surface area contributed by atoms with Crippen LogP contribution in [0.1, 0.15) is 0 Å². The van der Waals surface area contributed by atoms with Crippen LogP contribution in [0, 0.1) is 0 Å². The molecule has 0 fully saturated rings. The topological polar surface area (TPSA) is 26.3 Å². The van der Waals surface area contributed by atoms with Gasteiger partial charge in [0, 0.05) is 5.41 Å². The predicted molar refractivity (Wildman–Crippen MR) is 38.3 cm³/mol. The van der Waals surface area contributed by atoms with E-state index in [9.17, 15) is 4.79 Å². The summed E-state index contributed by atoms with van der Waals surface area (Å²) in [6, 6.07) is 0. The highest BCUT2D eigenvalue weighted by Crippen LogP contribution is 2.06. The van der Waals surface area contributed by atoms with Crippen LogP contribution < -0.4 is 0 Å². The highest BCUT2D eigenvalue weighted by atomic mass is 127. The van der Waals surface area contributed by atoms with Crippen molar-refractivity contribution in [1.82, 2.24) is 0 Å². The molecule has 0 rings (SSSR count). The van der Waals surface area contributed by atoms with Crippen LogP contribution in [0.25, 0.3) is 0 Å². The zero-order valence-corrected chi connectivity index (χ0v) is 6.36. The standard InChI is InChI=1S/C3H3IO2S/c1-2-7-6-3(4)5/h2H,1H2. The summed E-state index contributed by atoms with van der Waals surface area (Å²) in [5.41, 5.74) is 0. The van der Waals surface area contributed by atoms with Crippen LogP contribution in [-0.4, -0.2) is 3.98 Å². The second-order valence-electron chi connectivity index (χ2n) is 0.584. The third-order valence-corrected chi connectivity index (χ3v) is 1.08. The quantitative estimate of drug-likeness (QED) is 0.413. The van der Waals surface area contributed by atoms with Crippen LogP contribution >= 0.6 is 34.6 Å². The molecule has 0 aliphatic rings. The summed E-state index contributed by atoms with van der Waals surface area (Å²) < 4.78 is 4.01. The second kappa shape index (κ2) is 4.45. The molecule has 0 spiro atoms. The maximum Gasteiger partial charge on any atom is 0.379 e. The van der Waals surface area contributed by atoms with Crippen molar-refractivity contribution in [1.29, 1.82) is 0 Å². The van der Waals surface area contributed by atoms with Gasteiger partial charge in [0.15, 0.2) is 0 Å². The van der Waals surface area contributed by atoms with E-state index in [0.717, 1.165) is 12.0 Å². The van der Waals surface area contributed by atoms with Crippen LogP contribution in [0.15, 0.2) is 12.0 Å². The first-order chi connectivity index (χ1) is 3.27. The molecule has 0 bridgehead atoms. The lowest BCUT2D eigenvalue weighted by molar-refractivity contribution is 0.237. The Hall–Kier alpha value is 0.290. The van der Waals surface area contributed by atoms with Crippen LogP contribution in [0.2, 0.25) is 0 Å². The van der Waals surface area contributed by atoms with Gasteiger partial charge in [-0.05, 0) is 0 Å². The highest BCUT2D eigenvalue weighted by Gasteiger charge is 1.88. The lowest BCUT2D eigenvalue weighted by Crippen LogP contribution is -1.76. The van der Waals surface area contributed by atoms with Crippen LogP contribution in [0.3, 0.4) is 0 Å². The Kier molecular flexibility index (Phi) is 4.63. The van der Waals surface area contributed by atoms with Crippen LogP contribution in [0.4, 0.5) is 4.79 Å². The molecule has 0 aromatic carbocycles. The van der Waals surface area contributed by atoms with E-state index < -0.39 is 0 Å². The van der Waals surface area contributed by atoms with Crippen LogP contribution in [-0.2, 0) is 4.18 Å². The highest BCUT2D eigenvalue weighted by molar-refractivity contribution is 14.1. The van der Waals surface area contributed by atoms with Crippen molar-refractivity contribution in [2.24, 2.45) is 0 Å². The molecule has 0 atom stereocenters. The maximum atomic E-state index is 9.90. The summed E-state index contributed by atoms with van der Waals surface area (Å²) in [7, 11) is 0. The minimum atomic E-state index is -0.331. The molecule has 4 heteroatoms. The van der Waals surface area contributed by atoms with Crippen molar-refractivity contribution in [3.63, 3.8) is 0 Å². The molecule has 0 unspecified atom stereocenters. The number of hydrogen-bond donors (Lipinski definition) is 0. The number of halogens is 1. The molecule has 0 aromatic heterocycles. The van der Waals surface area contributed by atoms with Gasteiger partial charge in [0.2, 0.25) is 0 Å². The molecule has 2 nitrogen and oxygen atoms in total. The number of rotatable bonds is 2. The van der Waals surface area contributed by atoms with Crippen molar-refractivity contribution >= 4 is 38.6 Å². The summed E-state index contributed by atoms with van der Waals surface area (Å²) in [5.74, 6) is 0. The lowest BCUT2D eigenvalue weighted by Gasteiger charge is -1.85.